The lowest BCUT2D eigenvalue weighted by Gasteiger charge is -2.17. The van der Waals surface area contributed by atoms with Gasteiger partial charge in [0.2, 0.25) is 5.95 Å². The summed E-state index contributed by atoms with van der Waals surface area (Å²) in [5.74, 6) is -2.22. The van der Waals surface area contributed by atoms with Crippen molar-refractivity contribution in [3.63, 3.8) is 0 Å². The summed E-state index contributed by atoms with van der Waals surface area (Å²) in [5, 5.41) is 9.09. The first-order valence-corrected chi connectivity index (χ1v) is 6.54. The fourth-order valence-corrected chi connectivity index (χ4v) is 2.35. The van der Waals surface area contributed by atoms with E-state index in [-0.39, 0.29) is 12.3 Å². The first-order chi connectivity index (χ1) is 9.88. The van der Waals surface area contributed by atoms with Crippen LogP contribution in [0.3, 0.4) is 0 Å². The molecule has 1 aromatic carbocycles. The molecule has 0 fully saturated rings. The van der Waals surface area contributed by atoms with Gasteiger partial charge in [-0.2, -0.15) is 4.39 Å². The highest BCUT2D eigenvalue weighted by Crippen LogP contribution is 2.32. The van der Waals surface area contributed by atoms with Crippen molar-refractivity contribution in [1.82, 2.24) is 4.98 Å². The zero-order chi connectivity index (χ0) is 15.6. The largest absolute Gasteiger partial charge is 0.481 e. The number of hydrogen-bond acceptors (Lipinski definition) is 2. The molecule has 0 saturated carbocycles. The Balaban J connectivity index is 2.70. The predicted molar refractivity (Wildman–Crippen MR) is 75.0 cm³/mol. The van der Waals surface area contributed by atoms with Gasteiger partial charge in [0.1, 0.15) is 5.82 Å². The van der Waals surface area contributed by atoms with E-state index in [0.29, 0.717) is 22.3 Å². The van der Waals surface area contributed by atoms with E-state index in [2.05, 4.69) is 4.98 Å². The van der Waals surface area contributed by atoms with Gasteiger partial charge in [-0.05, 0) is 46.4 Å². The van der Waals surface area contributed by atoms with Crippen molar-refractivity contribution in [3.8, 4) is 11.1 Å². The van der Waals surface area contributed by atoms with E-state index in [0.717, 1.165) is 0 Å². The number of carbonyl (C=O) groups is 1. The SMILES string of the molecule is CC(C)c1cc(F)cc(-c2ccnc(F)c2)c1CC(=O)O. The van der Waals surface area contributed by atoms with E-state index in [1.807, 2.05) is 13.8 Å². The lowest BCUT2D eigenvalue weighted by molar-refractivity contribution is -0.136. The number of benzene rings is 1. The van der Waals surface area contributed by atoms with Gasteiger partial charge in [0.25, 0.3) is 0 Å². The van der Waals surface area contributed by atoms with Gasteiger partial charge in [0, 0.05) is 12.3 Å². The Morgan fingerprint density at radius 3 is 2.57 bits per heavy atom. The zero-order valence-electron chi connectivity index (χ0n) is 11.7. The lowest BCUT2D eigenvalue weighted by atomic mass is 9.88. The number of hydrogen-bond donors (Lipinski definition) is 1. The molecule has 0 saturated heterocycles. The highest BCUT2D eigenvalue weighted by molar-refractivity contribution is 5.78. The maximum atomic E-state index is 13.8. The summed E-state index contributed by atoms with van der Waals surface area (Å²) >= 11 is 0. The molecular formula is C16H15F2NO2. The molecular weight excluding hydrogens is 276 g/mol. The number of nitrogens with zero attached hydrogens (tertiary/aromatic N) is 1. The second-order valence-corrected chi connectivity index (χ2v) is 5.11. The Hall–Kier alpha value is -2.30. The Morgan fingerprint density at radius 1 is 1.29 bits per heavy atom. The molecule has 0 spiro atoms. The highest BCUT2D eigenvalue weighted by Gasteiger charge is 2.18. The smallest absolute Gasteiger partial charge is 0.307 e. The number of aromatic nitrogens is 1. The summed E-state index contributed by atoms with van der Waals surface area (Å²) in [6.07, 6.45) is 1.03. The Labute approximate surface area is 121 Å². The van der Waals surface area contributed by atoms with Gasteiger partial charge in [-0.3, -0.25) is 4.79 Å². The van der Waals surface area contributed by atoms with E-state index >= 15 is 0 Å². The van der Waals surface area contributed by atoms with E-state index in [1.54, 1.807) is 0 Å². The van der Waals surface area contributed by atoms with Gasteiger partial charge in [0.15, 0.2) is 0 Å². The van der Waals surface area contributed by atoms with Crippen molar-refractivity contribution in [2.24, 2.45) is 0 Å². The summed E-state index contributed by atoms with van der Waals surface area (Å²) in [6, 6.07) is 5.28. The fourth-order valence-electron chi connectivity index (χ4n) is 2.35. The van der Waals surface area contributed by atoms with Crippen LogP contribution in [-0.4, -0.2) is 16.1 Å². The van der Waals surface area contributed by atoms with E-state index in [4.69, 9.17) is 5.11 Å². The van der Waals surface area contributed by atoms with Crippen LogP contribution in [0.5, 0.6) is 0 Å². The summed E-state index contributed by atoms with van der Waals surface area (Å²) in [5.41, 5.74) is 1.93. The molecule has 5 heteroatoms. The van der Waals surface area contributed by atoms with Crippen molar-refractivity contribution in [2.75, 3.05) is 0 Å². The maximum Gasteiger partial charge on any atom is 0.307 e. The van der Waals surface area contributed by atoms with Crippen LogP contribution in [-0.2, 0) is 11.2 Å². The molecule has 0 aliphatic rings. The third-order valence-electron chi connectivity index (χ3n) is 3.24. The van der Waals surface area contributed by atoms with Gasteiger partial charge in [-0.1, -0.05) is 13.8 Å². The molecule has 0 radical (unpaired) electrons. The van der Waals surface area contributed by atoms with Gasteiger partial charge in [-0.25, -0.2) is 9.37 Å². The number of halogens is 2. The van der Waals surface area contributed by atoms with E-state index < -0.39 is 17.7 Å². The molecule has 0 unspecified atom stereocenters. The van der Waals surface area contributed by atoms with Crippen LogP contribution in [0.4, 0.5) is 8.78 Å². The normalized spacial score (nSPS) is 10.9. The van der Waals surface area contributed by atoms with Gasteiger partial charge in [-0.15, -0.1) is 0 Å². The van der Waals surface area contributed by atoms with Gasteiger partial charge >= 0.3 is 5.97 Å². The van der Waals surface area contributed by atoms with Crippen LogP contribution in [0.25, 0.3) is 11.1 Å². The van der Waals surface area contributed by atoms with Crippen molar-refractivity contribution >= 4 is 5.97 Å². The molecule has 2 aromatic rings. The van der Waals surface area contributed by atoms with Crippen LogP contribution in [0.2, 0.25) is 0 Å². The Bertz CT molecular complexity index is 684. The number of pyridine rings is 1. The van der Waals surface area contributed by atoms with Crippen molar-refractivity contribution in [2.45, 2.75) is 26.2 Å². The molecule has 110 valence electrons. The van der Waals surface area contributed by atoms with Gasteiger partial charge < -0.3 is 5.11 Å². The summed E-state index contributed by atoms with van der Waals surface area (Å²) < 4.78 is 27.1. The second-order valence-electron chi connectivity index (χ2n) is 5.11. The van der Waals surface area contributed by atoms with Crippen LogP contribution >= 0.6 is 0 Å². The summed E-state index contributed by atoms with van der Waals surface area (Å²) in [4.78, 5) is 14.6. The third kappa shape index (κ3) is 3.42. The fraction of sp³-hybridized carbons (Fsp3) is 0.250. The molecule has 21 heavy (non-hydrogen) atoms. The molecule has 1 N–H and O–H groups in total. The van der Waals surface area contributed by atoms with E-state index in [9.17, 15) is 13.6 Å². The quantitative estimate of drug-likeness (QED) is 0.872. The van der Waals surface area contributed by atoms with E-state index in [1.165, 1.54) is 30.5 Å². The van der Waals surface area contributed by atoms with Crippen molar-refractivity contribution < 1.29 is 18.7 Å². The van der Waals surface area contributed by atoms with Crippen molar-refractivity contribution in [1.29, 1.82) is 0 Å². The predicted octanol–water partition coefficient (Wildman–Crippen LogP) is 3.78. The van der Waals surface area contributed by atoms with Crippen LogP contribution in [0.15, 0.2) is 30.5 Å². The third-order valence-corrected chi connectivity index (χ3v) is 3.24. The molecule has 2 rings (SSSR count). The first-order valence-electron chi connectivity index (χ1n) is 6.54. The number of aliphatic carboxylic acids is 1. The lowest BCUT2D eigenvalue weighted by Crippen LogP contribution is -2.08. The highest BCUT2D eigenvalue weighted by atomic mass is 19.1. The summed E-state index contributed by atoms with van der Waals surface area (Å²) in [7, 11) is 0. The minimum Gasteiger partial charge on any atom is -0.481 e. The van der Waals surface area contributed by atoms with Crippen LogP contribution in [0, 0.1) is 11.8 Å². The summed E-state index contributed by atoms with van der Waals surface area (Å²) in [6.45, 7) is 3.72. The second kappa shape index (κ2) is 5.99. The average molecular weight is 291 g/mol. The maximum absolute atomic E-state index is 13.8. The standard InChI is InChI=1S/C16H15F2NO2/c1-9(2)12-6-11(17)7-13(14(12)8-16(20)21)10-3-4-19-15(18)5-10/h3-7,9H,8H2,1-2H3,(H,20,21). The molecule has 0 aliphatic carbocycles. The Kier molecular flexibility index (Phi) is 4.31. The minimum absolute atomic E-state index is 0.0412. The minimum atomic E-state index is -1.01. The average Bonchev–Trinajstić information content (AvgIpc) is 2.39. The molecule has 0 amide bonds. The number of rotatable bonds is 4. The first kappa shape index (κ1) is 15.1. The zero-order valence-corrected chi connectivity index (χ0v) is 11.7. The topological polar surface area (TPSA) is 50.2 Å². The van der Waals surface area contributed by atoms with Crippen molar-refractivity contribution in [3.05, 3.63) is 53.4 Å². The number of carboxylic acid groups (broad SMARTS) is 1. The molecule has 0 bridgehead atoms. The van der Waals surface area contributed by atoms with Crippen LogP contribution in [0.1, 0.15) is 30.9 Å². The van der Waals surface area contributed by atoms with Crippen LogP contribution < -0.4 is 0 Å². The monoisotopic (exact) mass is 291 g/mol. The Morgan fingerprint density at radius 2 is 2.00 bits per heavy atom. The van der Waals surface area contributed by atoms with Gasteiger partial charge in [0.05, 0.1) is 6.42 Å². The molecule has 1 heterocycles. The molecule has 0 atom stereocenters. The molecule has 0 aliphatic heterocycles. The number of carboxylic acids is 1. The molecule has 3 nitrogen and oxygen atoms in total. The molecule has 1 aromatic heterocycles.